The molecule has 0 unspecified atom stereocenters. The smallest absolute Gasteiger partial charge is 0.135 e. The first-order chi connectivity index (χ1) is 27.4. The van der Waals surface area contributed by atoms with E-state index < -0.39 is 0 Å². The summed E-state index contributed by atoms with van der Waals surface area (Å²) in [6, 6.07) is 48.3. The molecule has 59 heavy (non-hydrogen) atoms. The minimum Gasteiger partial charge on any atom is -0.509 e. The number of aromatic nitrogens is 2. The van der Waals surface area contributed by atoms with Crippen molar-refractivity contribution < 1.29 is 25.8 Å². The van der Waals surface area contributed by atoms with Crippen LogP contribution in [0.5, 0.6) is 11.5 Å². The maximum absolute atomic E-state index is 6.80. The number of ether oxygens (including phenoxy) is 1. The van der Waals surface area contributed by atoms with Crippen molar-refractivity contribution >= 4 is 33.2 Å². The van der Waals surface area contributed by atoms with E-state index >= 15 is 0 Å². The molecule has 306 valence electrons. The van der Waals surface area contributed by atoms with Crippen LogP contribution >= 0.6 is 0 Å². The second-order valence-corrected chi connectivity index (χ2v) is 19.3. The number of fused-ring (bicyclic) bond motifs is 3. The normalized spacial score (nSPS) is 13.8. The summed E-state index contributed by atoms with van der Waals surface area (Å²) in [6.07, 6.45) is 4.16. The molecule has 0 N–H and O–H groups in total. The summed E-state index contributed by atoms with van der Waals surface area (Å²) >= 11 is 0. The summed E-state index contributed by atoms with van der Waals surface area (Å²) in [4.78, 5) is 9.40. The Morgan fingerprint density at radius 1 is 0.576 bits per heavy atom. The molecular weight excluding hydrogens is 904 g/mol. The summed E-state index contributed by atoms with van der Waals surface area (Å²) in [5.74, 6) is 2.11. The fourth-order valence-electron chi connectivity index (χ4n) is 7.79. The van der Waals surface area contributed by atoms with Crippen LogP contribution in [0.15, 0.2) is 133 Å². The van der Waals surface area contributed by atoms with Crippen molar-refractivity contribution in [3.8, 4) is 17.3 Å². The first-order valence-electron chi connectivity index (χ1n) is 20.4. The van der Waals surface area contributed by atoms with Gasteiger partial charge in [0, 0.05) is 61.1 Å². The Labute approximate surface area is 366 Å². The van der Waals surface area contributed by atoms with E-state index in [1.807, 2.05) is 12.3 Å². The third-order valence-electron chi connectivity index (χ3n) is 11.5. The molecule has 0 fully saturated rings. The zero-order valence-corrected chi connectivity index (χ0v) is 38.5. The van der Waals surface area contributed by atoms with E-state index in [2.05, 4.69) is 225 Å². The number of allylic oxidation sites excluding steroid dienone is 1. The van der Waals surface area contributed by atoms with Gasteiger partial charge in [-0.3, -0.25) is 0 Å². The Balaban J connectivity index is 0.00000528. The summed E-state index contributed by atoms with van der Waals surface area (Å²) in [7, 11) is 0. The van der Waals surface area contributed by atoms with Crippen LogP contribution in [0.1, 0.15) is 98.4 Å². The molecule has 8 rings (SSSR count). The largest absolute Gasteiger partial charge is 0.509 e. The van der Waals surface area contributed by atoms with Gasteiger partial charge in [0.1, 0.15) is 5.82 Å². The molecule has 1 aliphatic rings. The minimum absolute atomic E-state index is 0. The van der Waals surface area contributed by atoms with Gasteiger partial charge in [-0.05, 0) is 74.9 Å². The molecule has 0 atom stereocenters. The van der Waals surface area contributed by atoms with E-state index in [-0.39, 0.29) is 42.7 Å². The topological polar surface area (TPSA) is 33.5 Å². The van der Waals surface area contributed by atoms with Crippen LogP contribution in [-0.2, 0) is 42.7 Å². The number of pyridine rings is 1. The fourth-order valence-corrected chi connectivity index (χ4v) is 7.79. The van der Waals surface area contributed by atoms with Crippen LogP contribution in [-0.4, -0.2) is 9.55 Å². The predicted molar refractivity (Wildman–Crippen MR) is 242 cm³/mol. The van der Waals surface area contributed by atoms with Gasteiger partial charge in [-0.15, -0.1) is 53.6 Å². The summed E-state index contributed by atoms with van der Waals surface area (Å²) < 4.78 is 9.00. The van der Waals surface area contributed by atoms with Crippen molar-refractivity contribution in [3.05, 3.63) is 174 Å². The number of hydrogen-bond donors (Lipinski definition) is 0. The molecule has 0 saturated heterocycles. The van der Waals surface area contributed by atoms with Crippen molar-refractivity contribution in [1.29, 1.82) is 0 Å². The second kappa shape index (κ2) is 15.5. The molecule has 0 aliphatic carbocycles. The second-order valence-electron chi connectivity index (χ2n) is 19.3. The average Bonchev–Trinajstić information content (AvgIpc) is 3.78. The van der Waals surface area contributed by atoms with Gasteiger partial charge in [-0.2, -0.15) is 6.07 Å². The van der Waals surface area contributed by atoms with E-state index in [0.717, 1.165) is 50.3 Å². The Hall–Kier alpha value is -5.12. The summed E-state index contributed by atoms with van der Waals surface area (Å²) in [5.41, 5.74) is 9.61. The van der Waals surface area contributed by atoms with Gasteiger partial charge in [0.05, 0.1) is 0 Å². The van der Waals surface area contributed by atoms with E-state index in [9.17, 15) is 0 Å². The molecule has 0 spiro atoms. The van der Waals surface area contributed by atoms with Crippen LogP contribution in [0.25, 0.3) is 27.6 Å². The van der Waals surface area contributed by atoms with Crippen molar-refractivity contribution in [2.24, 2.45) is 0 Å². The average molecular weight is 959 g/mol. The molecule has 0 amide bonds. The van der Waals surface area contributed by atoms with Gasteiger partial charge in [-0.25, -0.2) is 4.98 Å². The minimum atomic E-state index is -0.310. The standard InChI is InChI=1S/C53H55N4O.Pt/c1-50(2,3)37-20-17-21-40(28-37)56-35-55(34-48(56)53(10,11)36-18-13-12-14-19-36)41-29-39(52(7,8)9)30-43(32-41)58-42-24-25-45-44-22-15-16-23-46(44)57(47(45)33-42)49-31-38(26-27-54-49)51(4,5)6;/h12-31,34-35H,1-11H3;/q-3;. The molecular formula is C53H55N4OPt-3. The van der Waals surface area contributed by atoms with E-state index in [1.54, 1.807) is 0 Å². The van der Waals surface area contributed by atoms with Crippen LogP contribution in [0.4, 0.5) is 11.4 Å². The number of nitrogens with zero attached hydrogens (tertiary/aromatic N) is 4. The van der Waals surface area contributed by atoms with Gasteiger partial charge in [-0.1, -0.05) is 142 Å². The van der Waals surface area contributed by atoms with Gasteiger partial charge in [0.2, 0.25) is 0 Å². The molecule has 0 radical (unpaired) electrons. The van der Waals surface area contributed by atoms with Gasteiger partial charge >= 0.3 is 0 Å². The first kappa shape index (κ1) is 42.0. The zero-order valence-electron chi connectivity index (χ0n) is 36.2. The summed E-state index contributed by atoms with van der Waals surface area (Å²) in [6.45, 7) is 27.0. The third-order valence-corrected chi connectivity index (χ3v) is 11.5. The van der Waals surface area contributed by atoms with E-state index in [0.29, 0.717) is 11.5 Å². The Morgan fingerprint density at radius 2 is 1.24 bits per heavy atom. The first-order valence-corrected chi connectivity index (χ1v) is 20.4. The van der Waals surface area contributed by atoms with Crippen LogP contribution in [0, 0.1) is 18.8 Å². The quantitative estimate of drug-likeness (QED) is 0.149. The van der Waals surface area contributed by atoms with Crippen molar-refractivity contribution in [3.63, 3.8) is 0 Å². The Bertz CT molecular complexity index is 2670. The number of benzene rings is 5. The van der Waals surface area contributed by atoms with Crippen LogP contribution in [0.2, 0.25) is 0 Å². The molecule has 5 nitrogen and oxygen atoms in total. The molecule has 1 aliphatic heterocycles. The van der Waals surface area contributed by atoms with Crippen molar-refractivity contribution in [2.75, 3.05) is 9.80 Å². The zero-order chi connectivity index (χ0) is 41.2. The van der Waals surface area contributed by atoms with Crippen LogP contribution in [0.3, 0.4) is 0 Å². The molecule has 0 saturated carbocycles. The molecule has 5 aromatic carbocycles. The molecule has 7 aromatic rings. The van der Waals surface area contributed by atoms with Crippen molar-refractivity contribution in [1.82, 2.24) is 9.55 Å². The van der Waals surface area contributed by atoms with Crippen molar-refractivity contribution in [2.45, 2.75) is 97.8 Å². The molecule has 6 heteroatoms. The SMILES string of the molecule is CC(C)(C)c1cc(Oc2[c-]c3c(cc2)c2ccccc2n3-c2cc(C(C)(C)C)ccn2)[c-]c(N2C=C(C(C)(C)c3ccccc3)N(c3cccc(C(C)(C)C)c3)[CH-]2)c1.[Pt]. The molecule has 3 heterocycles. The van der Waals surface area contributed by atoms with Gasteiger partial charge in [0.25, 0.3) is 0 Å². The van der Waals surface area contributed by atoms with E-state index in [1.165, 1.54) is 16.7 Å². The Kier molecular flexibility index (Phi) is 11.0. The summed E-state index contributed by atoms with van der Waals surface area (Å²) in [5, 5.41) is 2.25. The van der Waals surface area contributed by atoms with E-state index in [4.69, 9.17) is 9.72 Å². The molecule has 2 aromatic heterocycles. The van der Waals surface area contributed by atoms with Gasteiger partial charge in [0.15, 0.2) is 0 Å². The fraction of sp³-hybridized carbons (Fsp3) is 0.283. The number of anilines is 2. The predicted octanol–water partition coefficient (Wildman–Crippen LogP) is 13.7. The van der Waals surface area contributed by atoms with Gasteiger partial charge < -0.3 is 19.1 Å². The number of hydrogen-bond acceptors (Lipinski definition) is 4. The Morgan fingerprint density at radius 3 is 1.95 bits per heavy atom. The number of rotatable bonds is 7. The number of para-hydroxylation sites is 1. The monoisotopic (exact) mass is 958 g/mol. The molecule has 0 bridgehead atoms. The third kappa shape index (κ3) is 8.24. The maximum atomic E-state index is 6.80. The van der Waals surface area contributed by atoms with Crippen LogP contribution < -0.4 is 14.5 Å². The maximum Gasteiger partial charge on any atom is 0.135 e.